The number of carbonyl (C=O) groups is 1. The largest absolute Gasteiger partial charge is 0.417 e. The Labute approximate surface area is 103 Å². The first-order valence-electron chi connectivity index (χ1n) is 5.74. The van der Waals surface area contributed by atoms with Gasteiger partial charge in [-0.1, -0.05) is 0 Å². The van der Waals surface area contributed by atoms with Gasteiger partial charge in [0.1, 0.15) is 12.1 Å². The molecule has 0 amide bonds. The molecule has 98 valence electrons. The highest BCUT2D eigenvalue weighted by Crippen LogP contribution is 2.30. The number of aromatic nitrogens is 1. The van der Waals surface area contributed by atoms with Crippen LogP contribution in [0.4, 0.5) is 19.0 Å². The molecule has 1 aromatic rings. The molecule has 0 bridgehead atoms. The summed E-state index contributed by atoms with van der Waals surface area (Å²) < 4.78 is 37.1. The third kappa shape index (κ3) is 2.80. The van der Waals surface area contributed by atoms with Crippen molar-refractivity contribution in [2.45, 2.75) is 19.0 Å². The molecule has 0 aliphatic carbocycles. The van der Waals surface area contributed by atoms with Crippen LogP contribution < -0.4 is 4.90 Å². The summed E-state index contributed by atoms with van der Waals surface area (Å²) in [6.45, 7) is 1.31. The van der Waals surface area contributed by atoms with Crippen molar-refractivity contribution in [1.29, 1.82) is 0 Å². The van der Waals surface area contributed by atoms with Gasteiger partial charge in [-0.15, -0.1) is 0 Å². The lowest BCUT2D eigenvalue weighted by Gasteiger charge is -2.30. The van der Waals surface area contributed by atoms with Crippen LogP contribution in [0.15, 0.2) is 18.3 Å². The maximum Gasteiger partial charge on any atom is 0.417 e. The van der Waals surface area contributed by atoms with Crippen molar-refractivity contribution in [2.75, 3.05) is 18.0 Å². The molecule has 2 rings (SSSR count). The molecule has 0 saturated carbocycles. The first-order valence-corrected chi connectivity index (χ1v) is 5.74. The Morgan fingerprint density at radius 2 is 1.94 bits per heavy atom. The van der Waals surface area contributed by atoms with Crippen LogP contribution in [0.25, 0.3) is 0 Å². The van der Waals surface area contributed by atoms with Gasteiger partial charge < -0.3 is 9.69 Å². The Bertz CT molecular complexity index is 408. The number of hydrogen-bond donors (Lipinski definition) is 0. The molecule has 0 N–H and O–H groups in total. The predicted octanol–water partition coefficient (Wildman–Crippen LogP) is 2.52. The van der Waals surface area contributed by atoms with Crippen molar-refractivity contribution in [3.63, 3.8) is 0 Å². The first-order chi connectivity index (χ1) is 8.50. The lowest BCUT2D eigenvalue weighted by Crippen LogP contribution is -2.34. The molecular weight excluding hydrogens is 245 g/mol. The molecule has 2 heterocycles. The van der Waals surface area contributed by atoms with Gasteiger partial charge in [0.25, 0.3) is 0 Å². The van der Waals surface area contributed by atoms with Gasteiger partial charge in [0.15, 0.2) is 0 Å². The number of pyridine rings is 1. The minimum Gasteiger partial charge on any atom is -0.357 e. The zero-order valence-electron chi connectivity index (χ0n) is 9.65. The summed E-state index contributed by atoms with van der Waals surface area (Å²) in [5.41, 5.74) is -0.742. The van der Waals surface area contributed by atoms with E-state index >= 15 is 0 Å². The lowest BCUT2D eigenvalue weighted by atomic mass is 9.99. The maximum atomic E-state index is 12.4. The van der Waals surface area contributed by atoms with Gasteiger partial charge in [0.05, 0.1) is 5.56 Å². The maximum absolute atomic E-state index is 12.4. The van der Waals surface area contributed by atoms with E-state index in [2.05, 4.69) is 4.98 Å². The number of halogens is 3. The van der Waals surface area contributed by atoms with Crippen LogP contribution in [-0.4, -0.2) is 24.4 Å². The van der Waals surface area contributed by atoms with E-state index in [-0.39, 0.29) is 5.92 Å². The SMILES string of the molecule is O=CC1CCN(c2ccc(C(F)(F)F)cn2)CC1. The molecule has 1 aromatic heterocycles. The van der Waals surface area contributed by atoms with Crippen LogP contribution in [0.5, 0.6) is 0 Å². The van der Waals surface area contributed by atoms with E-state index in [1.54, 1.807) is 0 Å². The van der Waals surface area contributed by atoms with Crippen LogP contribution in [-0.2, 0) is 11.0 Å². The molecule has 0 spiro atoms. The number of hydrogen-bond acceptors (Lipinski definition) is 3. The van der Waals surface area contributed by atoms with Gasteiger partial charge in [-0.05, 0) is 25.0 Å². The number of nitrogens with zero attached hydrogens (tertiary/aromatic N) is 2. The lowest BCUT2D eigenvalue weighted by molar-refractivity contribution is -0.137. The number of carbonyl (C=O) groups excluding carboxylic acids is 1. The Balaban J connectivity index is 2.05. The highest BCUT2D eigenvalue weighted by molar-refractivity contribution is 5.54. The number of anilines is 1. The summed E-state index contributed by atoms with van der Waals surface area (Å²) >= 11 is 0. The minimum atomic E-state index is -4.35. The van der Waals surface area contributed by atoms with E-state index in [1.165, 1.54) is 6.07 Å². The smallest absolute Gasteiger partial charge is 0.357 e. The molecule has 18 heavy (non-hydrogen) atoms. The van der Waals surface area contributed by atoms with Gasteiger partial charge in [0, 0.05) is 25.2 Å². The van der Waals surface area contributed by atoms with Gasteiger partial charge in [-0.3, -0.25) is 0 Å². The van der Waals surface area contributed by atoms with Gasteiger partial charge in [-0.2, -0.15) is 13.2 Å². The summed E-state index contributed by atoms with van der Waals surface area (Å²) in [5, 5.41) is 0. The van der Waals surface area contributed by atoms with Crippen molar-refractivity contribution in [2.24, 2.45) is 5.92 Å². The van der Waals surface area contributed by atoms with Crippen molar-refractivity contribution in [1.82, 2.24) is 4.98 Å². The van der Waals surface area contributed by atoms with E-state index in [0.717, 1.165) is 31.4 Å². The summed E-state index contributed by atoms with van der Waals surface area (Å²) in [7, 11) is 0. The van der Waals surface area contributed by atoms with E-state index < -0.39 is 11.7 Å². The van der Waals surface area contributed by atoms with Gasteiger partial charge in [-0.25, -0.2) is 4.98 Å². The van der Waals surface area contributed by atoms with Gasteiger partial charge in [0.2, 0.25) is 0 Å². The summed E-state index contributed by atoms with van der Waals surface area (Å²) in [6.07, 6.45) is -1.10. The Kier molecular flexibility index (Phi) is 3.54. The molecule has 1 saturated heterocycles. The molecule has 1 fully saturated rings. The van der Waals surface area contributed by atoms with Crippen LogP contribution >= 0.6 is 0 Å². The molecule has 0 unspecified atom stereocenters. The number of alkyl halides is 3. The molecule has 3 nitrogen and oxygen atoms in total. The summed E-state index contributed by atoms with van der Waals surface area (Å²) in [5.74, 6) is 0.600. The van der Waals surface area contributed by atoms with Crippen molar-refractivity contribution in [3.8, 4) is 0 Å². The highest BCUT2D eigenvalue weighted by atomic mass is 19.4. The van der Waals surface area contributed by atoms with E-state index in [9.17, 15) is 18.0 Å². The fourth-order valence-electron chi connectivity index (χ4n) is 2.01. The number of piperidine rings is 1. The molecule has 0 radical (unpaired) electrons. The van der Waals surface area contributed by atoms with Gasteiger partial charge >= 0.3 is 6.18 Å². The Morgan fingerprint density at radius 1 is 1.28 bits per heavy atom. The van der Waals surface area contributed by atoms with E-state index in [0.29, 0.717) is 18.9 Å². The molecular formula is C12H13F3N2O. The van der Waals surface area contributed by atoms with Crippen molar-refractivity contribution >= 4 is 12.1 Å². The average molecular weight is 258 g/mol. The second-order valence-corrected chi connectivity index (χ2v) is 4.36. The van der Waals surface area contributed by atoms with Crippen LogP contribution in [0.2, 0.25) is 0 Å². The monoisotopic (exact) mass is 258 g/mol. The predicted molar refractivity (Wildman–Crippen MR) is 60.2 cm³/mol. The Morgan fingerprint density at radius 3 is 2.39 bits per heavy atom. The second-order valence-electron chi connectivity index (χ2n) is 4.36. The fourth-order valence-corrected chi connectivity index (χ4v) is 2.01. The number of aldehydes is 1. The molecule has 0 aromatic carbocycles. The van der Waals surface area contributed by atoms with Crippen LogP contribution in [0.1, 0.15) is 18.4 Å². The first kappa shape index (κ1) is 12.9. The number of rotatable bonds is 2. The standard InChI is InChI=1S/C12H13F3N2O/c13-12(14,15)10-1-2-11(16-7-10)17-5-3-9(8-18)4-6-17/h1-2,7-9H,3-6H2. The topological polar surface area (TPSA) is 33.2 Å². The average Bonchev–Trinajstić information content (AvgIpc) is 2.38. The van der Waals surface area contributed by atoms with Crippen molar-refractivity contribution < 1.29 is 18.0 Å². The molecule has 6 heteroatoms. The minimum absolute atomic E-state index is 0.0655. The highest BCUT2D eigenvalue weighted by Gasteiger charge is 2.31. The van der Waals surface area contributed by atoms with Crippen LogP contribution in [0.3, 0.4) is 0 Å². The zero-order valence-corrected chi connectivity index (χ0v) is 9.65. The summed E-state index contributed by atoms with van der Waals surface area (Å²) in [4.78, 5) is 16.3. The fraction of sp³-hybridized carbons (Fsp3) is 0.500. The molecule has 0 atom stereocenters. The molecule has 1 aliphatic rings. The zero-order chi connectivity index (χ0) is 13.2. The molecule has 1 aliphatic heterocycles. The van der Waals surface area contributed by atoms with Crippen molar-refractivity contribution in [3.05, 3.63) is 23.9 Å². The van der Waals surface area contributed by atoms with E-state index in [4.69, 9.17) is 0 Å². The quantitative estimate of drug-likeness (QED) is 0.764. The Hall–Kier alpha value is -1.59. The second kappa shape index (κ2) is 4.96. The summed E-state index contributed by atoms with van der Waals surface area (Å²) in [6, 6.07) is 2.41. The normalized spacial score (nSPS) is 17.8. The van der Waals surface area contributed by atoms with E-state index in [1.807, 2.05) is 4.90 Å². The third-order valence-electron chi connectivity index (χ3n) is 3.13. The van der Waals surface area contributed by atoms with Crippen LogP contribution in [0, 0.1) is 5.92 Å². The third-order valence-corrected chi connectivity index (χ3v) is 3.13.